The molecule has 176 valence electrons. The molecule has 0 unspecified atom stereocenters. The smallest absolute Gasteiger partial charge is 0.337 e. The van der Waals surface area contributed by atoms with Gasteiger partial charge in [-0.2, -0.15) is 0 Å². The summed E-state index contributed by atoms with van der Waals surface area (Å²) < 4.78 is 14.7. The number of phenols is 1. The fourth-order valence-corrected chi connectivity index (χ4v) is 3.33. The van der Waals surface area contributed by atoms with Crippen LogP contribution in [0, 0.1) is 0 Å². The molecule has 1 aromatic heterocycles. The van der Waals surface area contributed by atoms with Gasteiger partial charge in [0.1, 0.15) is 11.5 Å². The number of methoxy groups -OCH3 is 3. The summed E-state index contributed by atoms with van der Waals surface area (Å²) in [6, 6.07) is 18.0. The lowest BCUT2D eigenvalue weighted by Crippen LogP contribution is -2.03. The van der Waals surface area contributed by atoms with E-state index >= 15 is 0 Å². The number of carbonyl (C=O) groups is 2. The van der Waals surface area contributed by atoms with Gasteiger partial charge in [-0.1, -0.05) is 24.3 Å². The van der Waals surface area contributed by atoms with Crippen molar-refractivity contribution in [3.05, 3.63) is 77.9 Å². The molecule has 0 atom stereocenters. The summed E-state index contributed by atoms with van der Waals surface area (Å²) in [5.74, 6) is 0.401. The molecule has 35 heavy (non-hydrogen) atoms. The zero-order valence-electron chi connectivity index (χ0n) is 19.2. The molecular weight excluding hydrogens is 450 g/mol. The number of hydrogen-bond acceptors (Lipinski definition) is 9. The van der Waals surface area contributed by atoms with Crippen molar-refractivity contribution in [3.8, 4) is 45.7 Å². The molecule has 0 bridgehead atoms. The van der Waals surface area contributed by atoms with Gasteiger partial charge in [0.05, 0.1) is 38.0 Å². The molecule has 4 aromatic rings. The molecule has 3 aromatic carbocycles. The molecule has 0 fully saturated rings. The molecule has 0 aliphatic rings. The van der Waals surface area contributed by atoms with Crippen molar-refractivity contribution in [2.24, 2.45) is 0 Å². The second kappa shape index (κ2) is 10.0. The highest BCUT2D eigenvalue weighted by molar-refractivity contribution is 5.90. The summed E-state index contributed by atoms with van der Waals surface area (Å²) in [7, 11) is 4.13. The number of phenolic OH excluding ortho intramolecular Hbond substituents is 1. The average Bonchev–Trinajstić information content (AvgIpc) is 2.91. The van der Waals surface area contributed by atoms with Crippen molar-refractivity contribution in [2.75, 3.05) is 21.3 Å². The van der Waals surface area contributed by atoms with Crippen LogP contribution in [-0.4, -0.2) is 53.3 Å². The molecule has 0 spiro atoms. The number of carbonyl (C=O) groups excluding carboxylic acids is 2. The van der Waals surface area contributed by atoms with E-state index in [1.54, 1.807) is 60.7 Å². The average molecular weight is 471 g/mol. The van der Waals surface area contributed by atoms with Crippen LogP contribution in [0.5, 0.6) is 11.5 Å². The molecule has 4 rings (SSSR count). The summed E-state index contributed by atoms with van der Waals surface area (Å²) in [5.41, 5.74) is 2.41. The normalized spacial score (nSPS) is 10.5. The van der Waals surface area contributed by atoms with Crippen LogP contribution in [0.4, 0.5) is 0 Å². The zero-order valence-corrected chi connectivity index (χ0v) is 19.2. The van der Waals surface area contributed by atoms with Crippen LogP contribution >= 0.6 is 0 Å². The van der Waals surface area contributed by atoms with Crippen LogP contribution in [0.25, 0.3) is 34.2 Å². The highest BCUT2D eigenvalue weighted by atomic mass is 16.5. The molecule has 1 N–H and O–H groups in total. The van der Waals surface area contributed by atoms with E-state index in [1.807, 2.05) is 0 Å². The third-order valence-corrected chi connectivity index (χ3v) is 5.21. The van der Waals surface area contributed by atoms with E-state index in [4.69, 9.17) is 14.2 Å². The van der Waals surface area contributed by atoms with Crippen LogP contribution < -0.4 is 4.74 Å². The lowest BCUT2D eigenvalue weighted by Gasteiger charge is -2.10. The molecule has 1 heterocycles. The Hall–Kier alpha value is -4.79. The van der Waals surface area contributed by atoms with Crippen molar-refractivity contribution in [1.82, 2.24) is 15.0 Å². The maximum atomic E-state index is 11.8. The minimum Gasteiger partial charge on any atom is -0.507 e. The van der Waals surface area contributed by atoms with E-state index < -0.39 is 11.9 Å². The van der Waals surface area contributed by atoms with Crippen LogP contribution in [0.2, 0.25) is 0 Å². The molecule has 0 saturated heterocycles. The fourth-order valence-electron chi connectivity index (χ4n) is 3.33. The van der Waals surface area contributed by atoms with Gasteiger partial charge in [0.25, 0.3) is 0 Å². The second-order valence-electron chi connectivity index (χ2n) is 7.33. The number of ether oxygens (including phenoxy) is 3. The van der Waals surface area contributed by atoms with Gasteiger partial charge in [-0.25, -0.2) is 24.5 Å². The highest BCUT2D eigenvalue weighted by Crippen LogP contribution is 2.32. The first-order chi connectivity index (χ1) is 16.9. The van der Waals surface area contributed by atoms with Crippen LogP contribution in [0.15, 0.2) is 66.7 Å². The van der Waals surface area contributed by atoms with Crippen molar-refractivity contribution in [2.45, 2.75) is 0 Å². The Labute approximate surface area is 201 Å². The van der Waals surface area contributed by atoms with E-state index in [1.165, 1.54) is 27.4 Å². The third kappa shape index (κ3) is 4.93. The summed E-state index contributed by atoms with van der Waals surface area (Å²) in [6.07, 6.45) is 0. The van der Waals surface area contributed by atoms with Gasteiger partial charge >= 0.3 is 11.9 Å². The first-order valence-electron chi connectivity index (χ1n) is 10.4. The number of esters is 2. The van der Waals surface area contributed by atoms with Crippen molar-refractivity contribution in [1.29, 1.82) is 0 Å². The Morgan fingerprint density at radius 3 is 1.51 bits per heavy atom. The zero-order chi connectivity index (χ0) is 24.9. The minimum atomic E-state index is -0.456. The topological polar surface area (TPSA) is 121 Å². The summed E-state index contributed by atoms with van der Waals surface area (Å²) in [6.45, 7) is 0. The number of rotatable bonds is 6. The molecule has 0 aliphatic carbocycles. The standard InChI is InChI=1S/C26H21N3O6/c1-33-19-12-13-20(21(30)14-19)24-28-22(15-4-8-17(9-5-15)25(31)34-2)27-23(29-24)16-6-10-18(11-7-16)26(32)35-3/h4-14,30H,1-3H3. The van der Waals surface area contributed by atoms with Crippen molar-refractivity contribution in [3.63, 3.8) is 0 Å². The monoisotopic (exact) mass is 471 g/mol. The quantitative estimate of drug-likeness (QED) is 0.413. The Morgan fingerprint density at radius 2 is 1.11 bits per heavy atom. The summed E-state index contributed by atoms with van der Waals surface area (Å²) in [5, 5.41) is 10.6. The van der Waals surface area contributed by atoms with Gasteiger partial charge in [-0.15, -0.1) is 0 Å². The van der Waals surface area contributed by atoms with Gasteiger partial charge in [0.15, 0.2) is 17.5 Å². The first kappa shape index (κ1) is 23.4. The molecule has 0 radical (unpaired) electrons. The Morgan fingerprint density at radius 1 is 0.657 bits per heavy atom. The van der Waals surface area contributed by atoms with Crippen molar-refractivity contribution >= 4 is 11.9 Å². The second-order valence-corrected chi connectivity index (χ2v) is 7.33. The van der Waals surface area contributed by atoms with E-state index in [0.29, 0.717) is 45.2 Å². The van der Waals surface area contributed by atoms with E-state index in [9.17, 15) is 14.7 Å². The highest BCUT2D eigenvalue weighted by Gasteiger charge is 2.16. The predicted molar refractivity (Wildman–Crippen MR) is 127 cm³/mol. The minimum absolute atomic E-state index is 0.0606. The largest absolute Gasteiger partial charge is 0.507 e. The molecular formula is C26H21N3O6. The first-order valence-corrected chi connectivity index (χ1v) is 10.4. The number of aromatic hydroxyl groups is 1. The van der Waals surface area contributed by atoms with E-state index in [2.05, 4.69) is 15.0 Å². The summed E-state index contributed by atoms with van der Waals surface area (Å²) >= 11 is 0. The van der Waals surface area contributed by atoms with Gasteiger partial charge in [0.2, 0.25) is 0 Å². The number of benzene rings is 3. The van der Waals surface area contributed by atoms with E-state index in [0.717, 1.165) is 0 Å². The third-order valence-electron chi connectivity index (χ3n) is 5.21. The molecule has 0 saturated carbocycles. The number of hydrogen-bond donors (Lipinski definition) is 1. The van der Waals surface area contributed by atoms with Gasteiger partial charge < -0.3 is 19.3 Å². The van der Waals surface area contributed by atoms with Crippen LogP contribution in [-0.2, 0) is 9.47 Å². The molecule has 0 amide bonds. The van der Waals surface area contributed by atoms with E-state index in [-0.39, 0.29) is 11.6 Å². The molecule has 9 nitrogen and oxygen atoms in total. The van der Waals surface area contributed by atoms with Crippen LogP contribution in [0.3, 0.4) is 0 Å². The Bertz CT molecular complexity index is 1310. The lowest BCUT2D eigenvalue weighted by atomic mass is 10.1. The molecule has 0 aliphatic heterocycles. The Kier molecular flexibility index (Phi) is 6.68. The van der Waals surface area contributed by atoms with Gasteiger partial charge in [0, 0.05) is 17.2 Å². The maximum absolute atomic E-state index is 11.8. The van der Waals surface area contributed by atoms with Gasteiger partial charge in [-0.3, -0.25) is 0 Å². The van der Waals surface area contributed by atoms with Crippen molar-refractivity contribution < 1.29 is 28.9 Å². The summed E-state index contributed by atoms with van der Waals surface area (Å²) in [4.78, 5) is 37.3. The number of nitrogens with zero attached hydrogens (tertiary/aromatic N) is 3. The SMILES string of the molecule is COC(=O)c1ccc(-c2nc(-c3ccc(C(=O)OC)cc3)nc(-c3ccc(OC)cc3O)n2)cc1. The number of aromatic nitrogens is 3. The lowest BCUT2D eigenvalue weighted by molar-refractivity contribution is 0.0592. The Balaban J connectivity index is 1.84. The maximum Gasteiger partial charge on any atom is 0.337 e. The predicted octanol–water partition coefficient (Wildman–Crippen LogP) is 4.16. The fraction of sp³-hybridized carbons (Fsp3) is 0.115. The van der Waals surface area contributed by atoms with Crippen LogP contribution in [0.1, 0.15) is 20.7 Å². The van der Waals surface area contributed by atoms with Gasteiger partial charge in [-0.05, 0) is 36.4 Å². The molecule has 9 heteroatoms.